The maximum absolute atomic E-state index is 12.0. The molecule has 0 saturated heterocycles. The van der Waals surface area contributed by atoms with Gasteiger partial charge in [-0.3, -0.25) is 0 Å². The second kappa shape index (κ2) is 4.67. The molecular formula is C9H12N4O3S2. The Balaban J connectivity index is 2.15. The van der Waals surface area contributed by atoms with Gasteiger partial charge in [0.1, 0.15) is 5.76 Å². The van der Waals surface area contributed by atoms with Crippen molar-refractivity contribution in [2.75, 3.05) is 5.73 Å². The van der Waals surface area contributed by atoms with Gasteiger partial charge in [0.2, 0.25) is 5.89 Å². The van der Waals surface area contributed by atoms with Crippen LogP contribution in [0.3, 0.4) is 0 Å². The Bertz CT molecular complexity index is 659. The van der Waals surface area contributed by atoms with E-state index in [2.05, 4.69) is 14.7 Å². The van der Waals surface area contributed by atoms with Gasteiger partial charge >= 0.3 is 0 Å². The Morgan fingerprint density at radius 2 is 2.22 bits per heavy atom. The van der Waals surface area contributed by atoms with Crippen molar-refractivity contribution in [3.8, 4) is 0 Å². The molecule has 2 rings (SSSR count). The van der Waals surface area contributed by atoms with Crippen molar-refractivity contribution in [2.24, 2.45) is 0 Å². The van der Waals surface area contributed by atoms with Gasteiger partial charge in [0, 0.05) is 0 Å². The van der Waals surface area contributed by atoms with Crippen LogP contribution in [0.2, 0.25) is 0 Å². The molecule has 0 radical (unpaired) electrons. The number of nitrogen functional groups attached to an aromatic ring is 1. The molecule has 0 saturated carbocycles. The van der Waals surface area contributed by atoms with Gasteiger partial charge in [-0.2, -0.15) is 0 Å². The van der Waals surface area contributed by atoms with Crippen molar-refractivity contribution in [3.63, 3.8) is 0 Å². The molecular weight excluding hydrogens is 276 g/mol. The number of nitrogens with two attached hydrogens (primary N) is 1. The van der Waals surface area contributed by atoms with E-state index in [0.29, 0.717) is 17.3 Å². The van der Waals surface area contributed by atoms with Gasteiger partial charge in [-0.1, -0.05) is 11.3 Å². The molecule has 7 nitrogen and oxygen atoms in total. The average Bonchev–Trinajstić information content (AvgIpc) is 2.82. The van der Waals surface area contributed by atoms with Gasteiger partial charge in [-0.05, 0) is 13.8 Å². The standard InChI is InChI=1S/C9H12N4O3S2/c1-5-3-11-7(16-5)4-12-18(14,15)8-6(2)13-9(10)17-8/h3,12H,4H2,1-2H3,(H2,10,13). The summed E-state index contributed by atoms with van der Waals surface area (Å²) in [4.78, 5) is 7.78. The molecule has 0 fully saturated rings. The van der Waals surface area contributed by atoms with Crippen LogP contribution in [0.5, 0.6) is 0 Å². The van der Waals surface area contributed by atoms with Crippen molar-refractivity contribution in [2.45, 2.75) is 24.6 Å². The first-order valence-electron chi connectivity index (χ1n) is 5.02. The Morgan fingerprint density at radius 1 is 1.50 bits per heavy atom. The smallest absolute Gasteiger partial charge is 0.252 e. The second-order valence-electron chi connectivity index (χ2n) is 3.61. The lowest BCUT2D eigenvalue weighted by Crippen LogP contribution is -2.23. The summed E-state index contributed by atoms with van der Waals surface area (Å²) in [5.74, 6) is 0.939. The zero-order valence-electron chi connectivity index (χ0n) is 9.80. The van der Waals surface area contributed by atoms with Crippen LogP contribution in [0, 0.1) is 13.8 Å². The molecule has 3 N–H and O–H groups in total. The van der Waals surface area contributed by atoms with Crippen LogP contribution in [0.15, 0.2) is 14.8 Å². The number of aryl methyl sites for hydroxylation is 2. The summed E-state index contributed by atoms with van der Waals surface area (Å²) in [6.07, 6.45) is 1.53. The third-order valence-electron chi connectivity index (χ3n) is 2.10. The molecule has 0 spiro atoms. The quantitative estimate of drug-likeness (QED) is 0.861. The number of hydrogen-bond acceptors (Lipinski definition) is 7. The zero-order valence-corrected chi connectivity index (χ0v) is 11.4. The lowest BCUT2D eigenvalue weighted by molar-refractivity contribution is 0.463. The highest BCUT2D eigenvalue weighted by atomic mass is 32.2. The van der Waals surface area contributed by atoms with Crippen molar-refractivity contribution in [1.29, 1.82) is 0 Å². The van der Waals surface area contributed by atoms with E-state index in [1.807, 2.05) is 0 Å². The summed E-state index contributed by atoms with van der Waals surface area (Å²) >= 11 is 0.927. The van der Waals surface area contributed by atoms with Gasteiger partial charge in [0.15, 0.2) is 9.34 Å². The SMILES string of the molecule is Cc1cnc(CNS(=O)(=O)c2sc(N)nc2C)o1. The largest absolute Gasteiger partial charge is 0.445 e. The summed E-state index contributed by atoms with van der Waals surface area (Å²) in [6.45, 7) is 3.32. The van der Waals surface area contributed by atoms with Crippen molar-refractivity contribution in [3.05, 3.63) is 23.5 Å². The van der Waals surface area contributed by atoms with Gasteiger partial charge in [-0.25, -0.2) is 23.1 Å². The number of thiazole rings is 1. The first-order chi connectivity index (χ1) is 8.38. The Labute approximate surface area is 108 Å². The van der Waals surface area contributed by atoms with Gasteiger partial charge < -0.3 is 10.2 Å². The molecule has 0 unspecified atom stereocenters. The van der Waals surface area contributed by atoms with Crippen LogP contribution >= 0.6 is 11.3 Å². The average molecular weight is 288 g/mol. The van der Waals surface area contributed by atoms with E-state index in [-0.39, 0.29) is 15.9 Å². The molecule has 0 aliphatic rings. The van der Waals surface area contributed by atoms with Crippen molar-refractivity contribution >= 4 is 26.5 Å². The topological polar surface area (TPSA) is 111 Å². The Kier molecular flexibility index (Phi) is 3.37. The third-order valence-corrected chi connectivity index (χ3v) is 5.09. The minimum Gasteiger partial charge on any atom is -0.445 e. The van der Waals surface area contributed by atoms with E-state index >= 15 is 0 Å². The Morgan fingerprint density at radius 3 is 2.72 bits per heavy atom. The molecule has 2 heterocycles. The van der Waals surface area contributed by atoms with Crippen LogP contribution < -0.4 is 10.5 Å². The highest BCUT2D eigenvalue weighted by Gasteiger charge is 2.21. The number of rotatable bonds is 4. The van der Waals surface area contributed by atoms with Gasteiger partial charge in [-0.15, -0.1) is 0 Å². The van der Waals surface area contributed by atoms with E-state index < -0.39 is 10.0 Å². The monoisotopic (exact) mass is 288 g/mol. The maximum atomic E-state index is 12.0. The molecule has 0 atom stereocenters. The summed E-state index contributed by atoms with van der Waals surface area (Å²) < 4.78 is 31.6. The van der Waals surface area contributed by atoms with Crippen molar-refractivity contribution < 1.29 is 12.8 Å². The first-order valence-corrected chi connectivity index (χ1v) is 7.32. The molecule has 0 aromatic carbocycles. The minimum absolute atomic E-state index is 0.00653. The molecule has 2 aromatic rings. The highest BCUT2D eigenvalue weighted by molar-refractivity contribution is 7.91. The van der Waals surface area contributed by atoms with E-state index in [9.17, 15) is 8.42 Å². The van der Waals surface area contributed by atoms with Crippen LogP contribution in [0.4, 0.5) is 5.13 Å². The summed E-state index contributed by atoms with van der Waals surface area (Å²) in [5, 5.41) is 0.222. The Hall–Kier alpha value is -1.45. The van der Waals surface area contributed by atoms with Crippen LogP contribution in [0.1, 0.15) is 17.3 Å². The van der Waals surface area contributed by atoms with E-state index in [0.717, 1.165) is 11.3 Å². The number of sulfonamides is 1. The summed E-state index contributed by atoms with van der Waals surface area (Å²) in [5.41, 5.74) is 5.85. The lowest BCUT2D eigenvalue weighted by Gasteiger charge is -2.02. The fraction of sp³-hybridized carbons (Fsp3) is 0.333. The normalized spacial score (nSPS) is 11.9. The van der Waals surface area contributed by atoms with Crippen molar-refractivity contribution in [1.82, 2.24) is 14.7 Å². The molecule has 18 heavy (non-hydrogen) atoms. The molecule has 0 amide bonds. The number of nitrogens with one attached hydrogen (secondary N) is 1. The van der Waals surface area contributed by atoms with E-state index in [1.165, 1.54) is 6.20 Å². The summed E-state index contributed by atoms with van der Waals surface area (Å²) in [7, 11) is -3.63. The number of hydrogen-bond donors (Lipinski definition) is 2. The van der Waals surface area contributed by atoms with Crippen LogP contribution in [-0.2, 0) is 16.6 Å². The zero-order chi connectivity index (χ0) is 13.3. The van der Waals surface area contributed by atoms with E-state index in [1.54, 1.807) is 13.8 Å². The number of oxazole rings is 1. The molecule has 0 aliphatic carbocycles. The number of anilines is 1. The van der Waals surface area contributed by atoms with Gasteiger partial charge in [0.25, 0.3) is 10.0 Å². The third kappa shape index (κ3) is 2.68. The molecule has 2 aromatic heterocycles. The first kappa shape index (κ1) is 13.0. The van der Waals surface area contributed by atoms with Crippen LogP contribution in [-0.4, -0.2) is 18.4 Å². The predicted molar refractivity (Wildman–Crippen MR) is 66.5 cm³/mol. The second-order valence-corrected chi connectivity index (χ2v) is 6.61. The molecule has 0 bridgehead atoms. The molecule has 98 valence electrons. The summed E-state index contributed by atoms with van der Waals surface area (Å²) in [6, 6.07) is 0. The maximum Gasteiger partial charge on any atom is 0.252 e. The van der Waals surface area contributed by atoms with Gasteiger partial charge in [0.05, 0.1) is 18.4 Å². The minimum atomic E-state index is -3.63. The predicted octanol–water partition coefficient (Wildman–Crippen LogP) is 0.809. The molecule has 0 aliphatic heterocycles. The number of nitrogens with zero attached hydrogens (tertiary/aromatic N) is 2. The fourth-order valence-electron chi connectivity index (χ4n) is 1.36. The van der Waals surface area contributed by atoms with Crippen LogP contribution in [0.25, 0.3) is 0 Å². The lowest BCUT2D eigenvalue weighted by atomic mass is 10.6. The van der Waals surface area contributed by atoms with E-state index in [4.69, 9.17) is 10.2 Å². The highest BCUT2D eigenvalue weighted by Crippen LogP contribution is 2.24. The molecule has 9 heteroatoms. The number of aromatic nitrogens is 2. The fourth-order valence-corrected chi connectivity index (χ4v) is 3.67.